The Balaban J connectivity index is 1.65. The molecule has 0 radical (unpaired) electrons. The van der Waals surface area contributed by atoms with Crippen molar-refractivity contribution in [3.8, 4) is 22.1 Å². The molecule has 0 saturated heterocycles. The molecular formula is C15H17N3O3S. The van der Waals surface area contributed by atoms with E-state index in [1.807, 2.05) is 30.6 Å². The lowest BCUT2D eigenvalue weighted by Crippen LogP contribution is -2.31. The van der Waals surface area contributed by atoms with Crippen LogP contribution in [0.5, 0.6) is 11.5 Å². The maximum atomic E-state index is 11.8. The first-order chi connectivity index (χ1) is 10.8. The van der Waals surface area contributed by atoms with Crippen molar-refractivity contribution in [3.05, 3.63) is 29.3 Å². The predicted octanol–water partition coefficient (Wildman–Crippen LogP) is 1.42. The Morgan fingerprint density at radius 3 is 3.05 bits per heavy atom. The summed E-state index contributed by atoms with van der Waals surface area (Å²) < 4.78 is 10.7. The molecule has 2 N–H and O–H groups in total. The maximum Gasteiger partial charge on any atom is 0.231 e. The van der Waals surface area contributed by atoms with Gasteiger partial charge in [-0.15, -0.1) is 11.3 Å². The van der Waals surface area contributed by atoms with Crippen LogP contribution in [0.25, 0.3) is 10.6 Å². The lowest BCUT2D eigenvalue weighted by atomic mass is 10.2. The van der Waals surface area contributed by atoms with Crippen molar-refractivity contribution in [1.29, 1.82) is 0 Å². The molecule has 1 aliphatic rings. The van der Waals surface area contributed by atoms with Gasteiger partial charge in [0, 0.05) is 24.0 Å². The highest BCUT2D eigenvalue weighted by Crippen LogP contribution is 2.36. The molecule has 3 rings (SSSR count). The van der Waals surface area contributed by atoms with Gasteiger partial charge in [0.2, 0.25) is 12.7 Å². The monoisotopic (exact) mass is 319 g/mol. The second-order valence-corrected chi connectivity index (χ2v) is 5.70. The third-order valence-electron chi connectivity index (χ3n) is 3.21. The molecule has 1 amide bonds. The lowest BCUT2D eigenvalue weighted by molar-refractivity contribution is -0.120. The van der Waals surface area contributed by atoms with Gasteiger partial charge in [0.1, 0.15) is 5.01 Å². The van der Waals surface area contributed by atoms with Gasteiger partial charge in [0.05, 0.1) is 12.1 Å². The number of hydrogen-bond acceptors (Lipinski definition) is 6. The van der Waals surface area contributed by atoms with Crippen LogP contribution in [-0.4, -0.2) is 37.8 Å². The fourth-order valence-corrected chi connectivity index (χ4v) is 2.92. The minimum Gasteiger partial charge on any atom is -0.454 e. The summed E-state index contributed by atoms with van der Waals surface area (Å²) in [5.41, 5.74) is 1.75. The standard InChI is InChI=1S/C15H17N3O3S/c1-16-4-5-17-14(19)7-11-8-22-15(18-11)10-2-3-12-13(6-10)21-9-20-12/h2-3,6,8,16H,4-5,7,9H2,1H3,(H,17,19). The largest absolute Gasteiger partial charge is 0.454 e. The quantitative estimate of drug-likeness (QED) is 0.788. The third kappa shape index (κ3) is 3.37. The summed E-state index contributed by atoms with van der Waals surface area (Å²) in [6.45, 7) is 1.63. The van der Waals surface area contributed by atoms with Crippen molar-refractivity contribution in [2.24, 2.45) is 0 Å². The number of thiazole rings is 1. The van der Waals surface area contributed by atoms with E-state index in [1.165, 1.54) is 11.3 Å². The number of carbonyl (C=O) groups excluding carboxylic acids is 1. The topological polar surface area (TPSA) is 72.5 Å². The van der Waals surface area contributed by atoms with Crippen molar-refractivity contribution in [2.45, 2.75) is 6.42 Å². The van der Waals surface area contributed by atoms with Crippen LogP contribution in [0.3, 0.4) is 0 Å². The second kappa shape index (κ2) is 6.76. The summed E-state index contributed by atoms with van der Waals surface area (Å²) in [7, 11) is 1.85. The van der Waals surface area contributed by atoms with Crippen molar-refractivity contribution < 1.29 is 14.3 Å². The first kappa shape index (κ1) is 14.8. The van der Waals surface area contributed by atoms with E-state index >= 15 is 0 Å². The summed E-state index contributed by atoms with van der Waals surface area (Å²) >= 11 is 1.52. The van der Waals surface area contributed by atoms with Crippen LogP contribution in [0, 0.1) is 0 Å². The zero-order valence-corrected chi connectivity index (χ0v) is 13.0. The molecule has 7 heteroatoms. The van der Waals surface area contributed by atoms with E-state index in [9.17, 15) is 4.79 Å². The normalized spacial score (nSPS) is 12.4. The highest BCUT2D eigenvalue weighted by atomic mass is 32.1. The number of nitrogens with zero attached hydrogens (tertiary/aromatic N) is 1. The van der Waals surface area contributed by atoms with Gasteiger partial charge in [-0.2, -0.15) is 0 Å². The first-order valence-electron chi connectivity index (χ1n) is 7.02. The van der Waals surface area contributed by atoms with Crippen LogP contribution in [0.1, 0.15) is 5.69 Å². The van der Waals surface area contributed by atoms with Gasteiger partial charge >= 0.3 is 0 Å². The lowest BCUT2D eigenvalue weighted by Gasteiger charge is -2.02. The van der Waals surface area contributed by atoms with Crippen LogP contribution < -0.4 is 20.1 Å². The van der Waals surface area contributed by atoms with Gasteiger partial charge in [0.15, 0.2) is 11.5 Å². The molecule has 0 unspecified atom stereocenters. The Morgan fingerprint density at radius 2 is 2.18 bits per heavy atom. The zero-order valence-electron chi connectivity index (χ0n) is 12.2. The van der Waals surface area contributed by atoms with E-state index in [-0.39, 0.29) is 12.7 Å². The highest BCUT2D eigenvalue weighted by molar-refractivity contribution is 7.13. The number of likely N-dealkylation sites (N-methyl/N-ethyl adjacent to an activating group) is 1. The van der Waals surface area contributed by atoms with Gasteiger partial charge in [0.25, 0.3) is 0 Å². The Kier molecular flexibility index (Phi) is 4.55. The van der Waals surface area contributed by atoms with Gasteiger partial charge < -0.3 is 20.1 Å². The van der Waals surface area contributed by atoms with Crippen LogP contribution in [-0.2, 0) is 11.2 Å². The number of amides is 1. The van der Waals surface area contributed by atoms with E-state index in [4.69, 9.17) is 9.47 Å². The number of ether oxygens (including phenoxy) is 2. The van der Waals surface area contributed by atoms with Gasteiger partial charge in [-0.25, -0.2) is 4.98 Å². The zero-order chi connectivity index (χ0) is 15.4. The Morgan fingerprint density at radius 1 is 1.32 bits per heavy atom. The number of rotatable bonds is 6. The summed E-state index contributed by atoms with van der Waals surface area (Å²) in [5, 5.41) is 8.61. The molecule has 22 heavy (non-hydrogen) atoms. The minimum absolute atomic E-state index is 0.0159. The smallest absolute Gasteiger partial charge is 0.231 e. The number of fused-ring (bicyclic) bond motifs is 1. The molecule has 1 aromatic carbocycles. The first-order valence-corrected chi connectivity index (χ1v) is 7.90. The van der Waals surface area contributed by atoms with Crippen molar-refractivity contribution in [3.63, 3.8) is 0 Å². The van der Waals surface area contributed by atoms with E-state index < -0.39 is 0 Å². The Hall–Kier alpha value is -2.12. The molecule has 1 aliphatic heterocycles. The predicted molar refractivity (Wildman–Crippen MR) is 84.3 cm³/mol. The summed E-state index contributed by atoms with van der Waals surface area (Å²) in [5.74, 6) is 1.47. The maximum absolute atomic E-state index is 11.8. The molecule has 6 nitrogen and oxygen atoms in total. The summed E-state index contributed by atoms with van der Waals surface area (Å²) in [6.07, 6.45) is 0.296. The molecule has 2 heterocycles. The van der Waals surface area contributed by atoms with Crippen molar-refractivity contribution >= 4 is 17.2 Å². The SMILES string of the molecule is CNCCNC(=O)Cc1csc(-c2ccc3c(c2)OCO3)n1. The molecule has 0 spiro atoms. The Labute approximate surface area is 132 Å². The molecular weight excluding hydrogens is 302 g/mol. The second-order valence-electron chi connectivity index (χ2n) is 4.84. The highest BCUT2D eigenvalue weighted by Gasteiger charge is 2.15. The molecule has 0 bridgehead atoms. The van der Waals surface area contributed by atoms with Gasteiger partial charge in [-0.3, -0.25) is 4.79 Å². The van der Waals surface area contributed by atoms with Gasteiger partial charge in [-0.05, 0) is 25.2 Å². The number of benzene rings is 1. The van der Waals surface area contributed by atoms with Gasteiger partial charge in [-0.1, -0.05) is 0 Å². The number of aromatic nitrogens is 1. The molecule has 2 aromatic rings. The molecule has 0 saturated carbocycles. The molecule has 0 fully saturated rings. The van der Waals surface area contributed by atoms with Crippen LogP contribution in [0.2, 0.25) is 0 Å². The van der Waals surface area contributed by atoms with E-state index in [2.05, 4.69) is 15.6 Å². The summed E-state index contributed by atoms with van der Waals surface area (Å²) in [6, 6.07) is 5.74. The molecule has 116 valence electrons. The minimum atomic E-state index is -0.0159. The van der Waals surface area contributed by atoms with Crippen LogP contribution in [0.15, 0.2) is 23.6 Å². The average molecular weight is 319 g/mol. The van der Waals surface area contributed by atoms with Crippen molar-refractivity contribution in [2.75, 3.05) is 26.9 Å². The third-order valence-corrected chi connectivity index (χ3v) is 4.15. The number of nitrogens with one attached hydrogen (secondary N) is 2. The number of carbonyl (C=O) groups is 1. The summed E-state index contributed by atoms with van der Waals surface area (Å²) in [4.78, 5) is 16.3. The van der Waals surface area contributed by atoms with Crippen LogP contribution in [0.4, 0.5) is 0 Å². The van der Waals surface area contributed by atoms with E-state index in [1.54, 1.807) is 0 Å². The average Bonchev–Trinajstić information content (AvgIpc) is 3.15. The Bertz CT molecular complexity index is 672. The van der Waals surface area contributed by atoms with E-state index in [0.717, 1.165) is 34.3 Å². The van der Waals surface area contributed by atoms with Crippen molar-refractivity contribution in [1.82, 2.24) is 15.6 Å². The van der Waals surface area contributed by atoms with E-state index in [0.29, 0.717) is 13.0 Å². The van der Waals surface area contributed by atoms with Crippen LogP contribution >= 0.6 is 11.3 Å². The molecule has 0 atom stereocenters. The number of hydrogen-bond donors (Lipinski definition) is 2. The fraction of sp³-hybridized carbons (Fsp3) is 0.333. The molecule has 0 aliphatic carbocycles. The fourth-order valence-electron chi connectivity index (χ4n) is 2.10. The molecule has 1 aromatic heterocycles.